The first kappa shape index (κ1) is 27.6. The zero-order chi connectivity index (χ0) is 27.1. The van der Waals surface area contributed by atoms with E-state index in [4.69, 9.17) is 20.5 Å². The maximum atomic E-state index is 14.5. The SMILES string of the molecule is NCC(=O)Nc1ccc(OP(=O)(Oc2ccc(NC(=O)CN)cc2)C2CCCN2C(=O)[C@@H]2CCCN2)cc1. The summed E-state index contributed by atoms with van der Waals surface area (Å²) in [5.41, 5.74) is 11.7. The van der Waals surface area contributed by atoms with Gasteiger partial charge in [0.1, 0.15) is 11.5 Å². The van der Waals surface area contributed by atoms with Gasteiger partial charge in [-0.05, 0) is 80.8 Å². The molecule has 38 heavy (non-hydrogen) atoms. The van der Waals surface area contributed by atoms with Gasteiger partial charge in [-0.1, -0.05) is 0 Å². The van der Waals surface area contributed by atoms with Crippen molar-refractivity contribution in [2.24, 2.45) is 11.5 Å². The van der Waals surface area contributed by atoms with Gasteiger partial charge in [-0.2, -0.15) is 0 Å². The van der Waals surface area contributed by atoms with Crippen LogP contribution in [0.15, 0.2) is 48.5 Å². The first-order valence-corrected chi connectivity index (χ1v) is 14.2. The fourth-order valence-corrected chi connectivity index (χ4v) is 6.67. The van der Waals surface area contributed by atoms with Gasteiger partial charge in [-0.25, -0.2) is 4.57 Å². The number of nitrogens with two attached hydrogens (primary N) is 2. The Morgan fingerprint density at radius 2 is 1.39 bits per heavy atom. The van der Waals surface area contributed by atoms with Crippen molar-refractivity contribution in [2.75, 3.05) is 36.8 Å². The summed E-state index contributed by atoms with van der Waals surface area (Å²) in [5, 5.41) is 8.48. The van der Waals surface area contributed by atoms with Crippen LogP contribution in [-0.2, 0) is 18.9 Å². The Morgan fingerprint density at radius 1 is 0.868 bits per heavy atom. The maximum Gasteiger partial charge on any atom is 0.453 e. The van der Waals surface area contributed by atoms with Crippen molar-refractivity contribution in [2.45, 2.75) is 37.5 Å². The molecule has 2 saturated heterocycles. The number of hydrogen-bond donors (Lipinski definition) is 5. The molecule has 0 radical (unpaired) electrons. The van der Waals surface area contributed by atoms with E-state index in [0.29, 0.717) is 30.8 Å². The smallest absolute Gasteiger partial charge is 0.415 e. The van der Waals surface area contributed by atoms with E-state index >= 15 is 0 Å². The number of likely N-dealkylation sites (tertiary alicyclic amines) is 1. The highest BCUT2D eigenvalue weighted by Gasteiger charge is 2.49. The molecule has 0 spiro atoms. The number of anilines is 2. The number of hydrogen-bond acceptors (Lipinski definition) is 9. The summed E-state index contributed by atoms with van der Waals surface area (Å²) in [6.45, 7) is 0.904. The van der Waals surface area contributed by atoms with Crippen molar-refractivity contribution in [3.05, 3.63) is 48.5 Å². The van der Waals surface area contributed by atoms with Crippen molar-refractivity contribution in [1.29, 1.82) is 0 Å². The fraction of sp³-hybridized carbons (Fsp3) is 0.400. The van der Waals surface area contributed by atoms with Gasteiger partial charge in [0.05, 0.1) is 19.1 Å². The summed E-state index contributed by atoms with van der Waals surface area (Å²) in [5.74, 6) is -1.09. The lowest BCUT2D eigenvalue weighted by molar-refractivity contribution is -0.132. The zero-order valence-corrected chi connectivity index (χ0v) is 21.8. The molecule has 2 aliphatic rings. The van der Waals surface area contributed by atoms with Crippen LogP contribution in [0.2, 0.25) is 0 Å². The van der Waals surface area contributed by atoms with Crippen LogP contribution in [0, 0.1) is 0 Å². The van der Waals surface area contributed by atoms with Crippen LogP contribution >= 0.6 is 7.60 Å². The summed E-state index contributed by atoms with van der Waals surface area (Å²) in [7, 11) is -4.00. The largest absolute Gasteiger partial charge is 0.453 e. The topological polar surface area (TPSA) is 178 Å². The number of nitrogens with one attached hydrogen (secondary N) is 3. The van der Waals surface area contributed by atoms with E-state index in [1.54, 1.807) is 53.4 Å². The molecule has 13 heteroatoms. The Bertz CT molecular complexity index is 1120. The van der Waals surface area contributed by atoms with E-state index in [1.807, 2.05) is 0 Å². The van der Waals surface area contributed by atoms with Gasteiger partial charge in [0.2, 0.25) is 17.7 Å². The molecular formula is C25H33N6O6P. The van der Waals surface area contributed by atoms with E-state index in [2.05, 4.69) is 16.0 Å². The summed E-state index contributed by atoms with van der Waals surface area (Å²) in [6.07, 6.45) is 2.73. The Kier molecular flexibility index (Phi) is 9.01. The molecule has 2 fully saturated rings. The highest BCUT2D eigenvalue weighted by molar-refractivity contribution is 7.55. The van der Waals surface area contributed by atoms with E-state index in [0.717, 1.165) is 19.4 Å². The highest BCUT2D eigenvalue weighted by atomic mass is 31.2. The molecule has 0 saturated carbocycles. The van der Waals surface area contributed by atoms with E-state index in [-0.39, 0.29) is 48.4 Å². The molecule has 4 rings (SSSR count). The second-order valence-corrected chi connectivity index (χ2v) is 11.1. The summed E-state index contributed by atoms with van der Waals surface area (Å²) >= 11 is 0. The minimum absolute atomic E-state index is 0.114. The van der Waals surface area contributed by atoms with Crippen LogP contribution in [0.5, 0.6) is 11.5 Å². The molecule has 2 atom stereocenters. The van der Waals surface area contributed by atoms with Crippen molar-refractivity contribution >= 4 is 36.7 Å². The number of amides is 3. The molecule has 2 aromatic rings. The number of nitrogens with zero attached hydrogens (tertiary/aromatic N) is 1. The average molecular weight is 545 g/mol. The number of carbonyl (C=O) groups excluding carboxylic acids is 3. The molecule has 0 aliphatic carbocycles. The third-order valence-corrected chi connectivity index (χ3v) is 8.54. The van der Waals surface area contributed by atoms with Gasteiger partial charge in [0.15, 0.2) is 5.78 Å². The summed E-state index contributed by atoms with van der Waals surface area (Å²) in [4.78, 5) is 38.1. The molecule has 204 valence electrons. The van der Waals surface area contributed by atoms with Gasteiger partial charge in [-0.15, -0.1) is 0 Å². The lowest BCUT2D eigenvalue weighted by atomic mass is 10.2. The second-order valence-electron chi connectivity index (χ2n) is 9.08. The maximum absolute atomic E-state index is 14.5. The second kappa shape index (κ2) is 12.4. The third-order valence-electron chi connectivity index (χ3n) is 6.34. The van der Waals surface area contributed by atoms with Crippen molar-refractivity contribution in [3.8, 4) is 11.5 Å². The quantitative estimate of drug-likeness (QED) is 0.279. The van der Waals surface area contributed by atoms with Gasteiger partial charge < -0.3 is 41.4 Å². The van der Waals surface area contributed by atoms with Crippen LogP contribution in [0.25, 0.3) is 0 Å². The van der Waals surface area contributed by atoms with Crippen LogP contribution in [0.1, 0.15) is 25.7 Å². The van der Waals surface area contributed by atoms with E-state index < -0.39 is 13.4 Å². The number of rotatable bonds is 10. The molecule has 12 nitrogen and oxygen atoms in total. The minimum atomic E-state index is -4.00. The average Bonchev–Trinajstić information content (AvgIpc) is 3.64. The molecule has 1 unspecified atom stereocenters. The third kappa shape index (κ3) is 6.70. The molecular weight excluding hydrogens is 511 g/mol. The number of benzene rings is 2. The monoisotopic (exact) mass is 544 g/mol. The van der Waals surface area contributed by atoms with Crippen LogP contribution < -0.4 is 36.5 Å². The normalized spacial score (nSPS) is 19.2. The van der Waals surface area contributed by atoms with E-state index in [1.165, 1.54) is 0 Å². The highest BCUT2D eigenvalue weighted by Crippen LogP contribution is 2.57. The molecule has 2 aromatic carbocycles. The Balaban J connectivity index is 1.59. The van der Waals surface area contributed by atoms with Crippen molar-refractivity contribution < 1.29 is 28.0 Å². The van der Waals surface area contributed by atoms with Crippen LogP contribution in [0.4, 0.5) is 11.4 Å². The predicted octanol–water partition coefficient (Wildman–Crippen LogP) is 1.83. The fourth-order valence-electron chi connectivity index (χ4n) is 4.49. The molecule has 2 heterocycles. The van der Waals surface area contributed by atoms with E-state index in [9.17, 15) is 18.9 Å². The van der Waals surface area contributed by atoms with Crippen LogP contribution in [0.3, 0.4) is 0 Å². The Morgan fingerprint density at radius 3 is 1.84 bits per heavy atom. The van der Waals surface area contributed by atoms with Crippen molar-refractivity contribution in [3.63, 3.8) is 0 Å². The van der Waals surface area contributed by atoms with Gasteiger partial charge >= 0.3 is 7.60 Å². The standard InChI is InChI=1S/C25H33N6O6P/c26-15-22(32)29-17-5-9-19(10-6-17)36-38(35,37-20-11-7-18(8-12-20)30-23(33)16-27)24-4-2-14-31(24)25(34)21-3-1-13-28-21/h5-12,21,24,28H,1-4,13-16,26-27H2,(H,29,32)(H,30,33)/t21-,24?/m0/s1. The van der Waals surface area contributed by atoms with Gasteiger partial charge in [0, 0.05) is 17.9 Å². The minimum Gasteiger partial charge on any atom is -0.415 e. The molecule has 0 aromatic heterocycles. The molecule has 7 N–H and O–H groups in total. The molecule has 2 aliphatic heterocycles. The summed E-state index contributed by atoms with van der Waals surface area (Å²) < 4.78 is 26.5. The van der Waals surface area contributed by atoms with Gasteiger partial charge in [0.25, 0.3) is 0 Å². The first-order chi connectivity index (χ1) is 18.3. The molecule has 3 amide bonds. The lowest BCUT2D eigenvalue weighted by Crippen LogP contribution is -2.46. The zero-order valence-electron chi connectivity index (χ0n) is 20.9. The van der Waals surface area contributed by atoms with Gasteiger partial charge in [-0.3, -0.25) is 14.4 Å². The van der Waals surface area contributed by atoms with Crippen LogP contribution in [-0.4, -0.2) is 60.6 Å². The summed E-state index contributed by atoms with van der Waals surface area (Å²) in [6, 6.07) is 12.3. The Hall–Kier alpha value is -3.44. The number of carbonyl (C=O) groups is 3. The predicted molar refractivity (Wildman–Crippen MR) is 143 cm³/mol. The Labute approximate surface area is 220 Å². The first-order valence-electron chi connectivity index (χ1n) is 12.5. The van der Waals surface area contributed by atoms with Crippen molar-refractivity contribution in [1.82, 2.24) is 10.2 Å². The lowest BCUT2D eigenvalue weighted by Gasteiger charge is -2.32. The molecule has 0 bridgehead atoms.